The maximum atomic E-state index is 12.4. The van der Waals surface area contributed by atoms with Crippen molar-refractivity contribution in [3.05, 3.63) is 17.0 Å². The van der Waals surface area contributed by atoms with Crippen molar-refractivity contribution in [1.82, 2.24) is 19.6 Å². The molecule has 6 heteroatoms. The predicted molar refractivity (Wildman–Crippen MR) is 90.3 cm³/mol. The van der Waals surface area contributed by atoms with Crippen molar-refractivity contribution in [3.63, 3.8) is 0 Å². The highest BCUT2D eigenvalue weighted by atomic mass is 16.3. The minimum absolute atomic E-state index is 0.198. The number of amides is 1. The number of aromatic nitrogens is 2. The second-order valence-electron chi connectivity index (χ2n) is 6.43. The van der Waals surface area contributed by atoms with Crippen molar-refractivity contribution in [3.8, 4) is 0 Å². The predicted octanol–water partition coefficient (Wildman–Crippen LogP) is 0.885. The van der Waals surface area contributed by atoms with Crippen LogP contribution < -0.4 is 0 Å². The van der Waals surface area contributed by atoms with Gasteiger partial charge in [0.25, 0.3) is 0 Å². The molecule has 1 aromatic heterocycles. The number of hydrogen-bond acceptors (Lipinski definition) is 4. The second kappa shape index (κ2) is 7.93. The van der Waals surface area contributed by atoms with Crippen molar-refractivity contribution in [1.29, 1.82) is 0 Å². The smallest absolute Gasteiger partial charge is 0.222 e. The fourth-order valence-electron chi connectivity index (χ4n) is 3.41. The number of aliphatic hydroxyl groups is 1. The van der Waals surface area contributed by atoms with Gasteiger partial charge in [-0.05, 0) is 32.3 Å². The topological polar surface area (TPSA) is 61.6 Å². The number of piperazine rings is 1. The van der Waals surface area contributed by atoms with Gasteiger partial charge in [-0.15, -0.1) is 0 Å². The molecule has 0 saturated carbocycles. The van der Waals surface area contributed by atoms with Crippen molar-refractivity contribution in [2.24, 2.45) is 7.05 Å². The number of nitrogens with zero attached hydrogens (tertiary/aromatic N) is 4. The van der Waals surface area contributed by atoms with Crippen molar-refractivity contribution in [2.75, 3.05) is 32.8 Å². The minimum atomic E-state index is 0.198. The van der Waals surface area contributed by atoms with Gasteiger partial charge in [-0.2, -0.15) is 5.10 Å². The monoisotopic (exact) mass is 322 g/mol. The van der Waals surface area contributed by atoms with Crippen LogP contribution >= 0.6 is 0 Å². The van der Waals surface area contributed by atoms with Gasteiger partial charge < -0.3 is 10.0 Å². The molecule has 1 N–H and O–H groups in total. The maximum absolute atomic E-state index is 12.4. The highest BCUT2D eigenvalue weighted by Crippen LogP contribution is 2.16. The molecule has 2 heterocycles. The van der Waals surface area contributed by atoms with E-state index in [2.05, 4.69) is 23.8 Å². The molecule has 1 unspecified atom stereocenters. The Morgan fingerprint density at radius 3 is 2.39 bits per heavy atom. The standard InChI is InChI=1S/C17H30N4O2/c1-5-15(12-22)20-8-10-21(11-9-20)17(23)7-6-16-13(2)18-19(4)14(16)3/h15,22H,5-12H2,1-4H3. The Labute approximate surface area is 139 Å². The van der Waals surface area contributed by atoms with Crippen LogP contribution in [-0.4, -0.2) is 69.4 Å². The minimum Gasteiger partial charge on any atom is -0.395 e. The van der Waals surface area contributed by atoms with E-state index in [0.717, 1.165) is 50.4 Å². The third-order valence-electron chi connectivity index (χ3n) is 5.11. The van der Waals surface area contributed by atoms with Gasteiger partial charge in [0.2, 0.25) is 5.91 Å². The number of carbonyl (C=O) groups is 1. The number of aryl methyl sites for hydroxylation is 2. The van der Waals surface area contributed by atoms with E-state index in [1.54, 1.807) is 0 Å². The summed E-state index contributed by atoms with van der Waals surface area (Å²) in [4.78, 5) is 16.7. The fraction of sp³-hybridized carbons (Fsp3) is 0.765. The zero-order chi connectivity index (χ0) is 17.0. The third kappa shape index (κ3) is 4.12. The highest BCUT2D eigenvalue weighted by Gasteiger charge is 2.25. The molecule has 0 aromatic carbocycles. The van der Waals surface area contributed by atoms with E-state index < -0.39 is 0 Å². The summed E-state index contributed by atoms with van der Waals surface area (Å²) in [5.74, 6) is 0.226. The summed E-state index contributed by atoms with van der Waals surface area (Å²) in [6.45, 7) is 9.59. The van der Waals surface area contributed by atoms with E-state index in [-0.39, 0.29) is 18.6 Å². The molecule has 1 aliphatic rings. The molecule has 1 aromatic rings. The molecular weight excluding hydrogens is 292 g/mol. The summed E-state index contributed by atoms with van der Waals surface area (Å²) >= 11 is 0. The first-order valence-corrected chi connectivity index (χ1v) is 8.59. The Balaban J connectivity index is 1.83. The molecule has 1 amide bonds. The van der Waals surface area contributed by atoms with Gasteiger partial charge in [0.05, 0.1) is 12.3 Å². The quantitative estimate of drug-likeness (QED) is 0.845. The van der Waals surface area contributed by atoms with Gasteiger partial charge in [-0.3, -0.25) is 14.4 Å². The van der Waals surface area contributed by atoms with Crippen LogP contribution in [0, 0.1) is 13.8 Å². The normalized spacial score (nSPS) is 17.5. The van der Waals surface area contributed by atoms with E-state index in [0.29, 0.717) is 6.42 Å². The molecule has 0 spiro atoms. The SMILES string of the molecule is CCC(CO)N1CCN(C(=O)CCc2c(C)nn(C)c2C)CC1. The summed E-state index contributed by atoms with van der Waals surface area (Å²) in [6, 6.07) is 0.230. The summed E-state index contributed by atoms with van der Waals surface area (Å²) in [6.07, 6.45) is 2.26. The number of rotatable bonds is 6. The molecule has 1 atom stereocenters. The number of carbonyl (C=O) groups excluding carboxylic acids is 1. The summed E-state index contributed by atoms with van der Waals surface area (Å²) in [7, 11) is 1.94. The summed E-state index contributed by atoms with van der Waals surface area (Å²) < 4.78 is 1.88. The van der Waals surface area contributed by atoms with Gasteiger partial charge in [-0.25, -0.2) is 0 Å². The third-order valence-corrected chi connectivity index (χ3v) is 5.11. The first-order chi connectivity index (χ1) is 11.0. The zero-order valence-corrected chi connectivity index (χ0v) is 14.9. The van der Waals surface area contributed by atoms with E-state index in [1.165, 1.54) is 5.56 Å². The van der Waals surface area contributed by atoms with Crippen molar-refractivity contribution < 1.29 is 9.90 Å². The largest absolute Gasteiger partial charge is 0.395 e. The molecule has 0 aliphatic carbocycles. The van der Waals surface area contributed by atoms with Gasteiger partial charge in [0.15, 0.2) is 0 Å². The van der Waals surface area contributed by atoms with Gasteiger partial charge in [0, 0.05) is 51.4 Å². The number of hydrogen-bond donors (Lipinski definition) is 1. The lowest BCUT2D eigenvalue weighted by Gasteiger charge is -2.38. The fourth-order valence-corrected chi connectivity index (χ4v) is 3.41. The Morgan fingerprint density at radius 2 is 1.91 bits per heavy atom. The summed E-state index contributed by atoms with van der Waals surface area (Å²) in [5, 5.41) is 13.8. The average molecular weight is 322 g/mol. The molecule has 0 radical (unpaired) electrons. The highest BCUT2D eigenvalue weighted by molar-refractivity contribution is 5.76. The van der Waals surface area contributed by atoms with Crippen LogP contribution in [0.15, 0.2) is 0 Å². The van der Waals surface area contributed by atoms with Gasteiger partial charge >= 0.3 is 0 Å². The molecule has 1 saturated heterocycles. The van der Waals surface area contributed by atoms with Gasteiger partial charge in [-0.1, -0.05) is 6.92 Å². The Bertz CT molecular complexity index is 529. The van der Waals surface area contributed by atoms with E-state index in [1.807, 2.05) is 23.6 Å². The van der Waals surface area contributed by atoms with Crippen molar-refractivity contribution in [2.45, 2.75) is 46.1 Å². The van der Waals surface area contributed by atoms with Crippen LogP contribution in [0.4, 0.5) is 0 Å². The molecule has 1 aliphatic heterocycles. The van der Waals surface area contributed by atoms with E-state index >= 15 is 0 Å². The van der Waals surface area contributed by atoms with Crippen LogP contribution in [-0.2, 0) is 18.3 Å². The summed E-state index contributed by atoms with van der Waals surface area (Å²) in [5.41, 5.74) is 3.37. The van der Waals surface area contributed by atoms with E-state index in [4.69, 9.17) is 0 Å². The molecule has 23 heavy (non-hydrogen) atoms. The zero-order valence-electron chi connectivity index (χ0n) is 14.9. The molecule has 130 valence electrons. The maximum Gasteiger partial charge on any atom is 0.222 e. The van der Waals surface area contributed by atoms with Crippen LogP contribution in [0.2, 0.25) is 0 Å². The Kier molecular flexibility index (Phi) is 6.18. The Hall–Kier alpha value is -1.40. The first kappa shape index (κ1) is 17.9. The lowest BCUT2D eigenvalue weighted by molar-refractivity contribution is -0.133. The molecular formula is C17H30N4O2. The average Bonchev–Trinajstić information content (AvgIpc) is 2.79. The van der Waals surface area contributed by atoms with Crippen LogP contribution in [0.1, 0.15) is 36.7 Å². The van der Waals surface area contributed by atoms with Crippen LogP contribution in [0.25, 0.3) is 0 Å². The lowest BCUT2D eigenvalue weighted by Crippen LogP contribution is -2.52. The molecule has 2 rings (SSSR count). The first-order valence-electron chi connectivity index (χ1n) is 8.59. The second-order valence-corrected chi connectivity index (χ2v) is 6.43. The molecule has 0 bridgehead atoms. The van der Waals surface area contributed by atoms with E-state index in [9.17, 15) is 9.90 Å². The molecule has 6 nitrogen and oxygen atoms in total. The van der Waals surface area contributed by atoms with Gasteiger partial charge in [0.1, 0.15) is 0 Å². The van der Waals surface area contributed by atoms with Crippen LogP contribution in [0.5, 0.6) is 0 Å². The van der Waals surface area contributed by atoms with Crippen molar-refractivity contribution >= 4 is 5.91 Å². The lowest BCUT2D eigenvalue weighted by atomic mass is 10.1. The number of aliphatic hydroxyl groups excluding tert-OH is 1. The van der Waals surface area contributed by atoms with Crippen LogP contribution in [0.3, 0.4) is 0 Å². The Morgan fingerprint density at radius 1 is 1.26 bits per heavy atom. The molecule has 1 fully saturated rings.